The van der Waals surface area contributed by atoms with E-state index in [0.717, 1.165) is 6.42 Å². The van der Waals surface area contributed by atoms with Gasteiger partial charge in [0.1, 0.15) is 0 Å². The summed E-state index contributed by atoms with van der Waals surface area (Å²) in [6.45, 7) is 11.6. The van der Waals surface area contributed by atoms with Crippen molar-refractivity contribution in [3.05, 3.63) is 124 Å². The normalized spacial score (nSPS) is 23.8. The van der Waals surface area contributed by atoms with E-state index in [2.05, 4.69) is 112 Å². The van der Waals surface area contributed by atoms with Gasteiger partial charge in [-0.3, -0.25) is 0 Å². The Morgan fingerprint density at radius 2 is 1.67 bits per heavy atom. The van der Waals surface area contributed by atoms with Crippen molar-refractivity contribution in [2.45, 2.75) is 39.5 Å². The van der Waals surface area contributed by atoms with Crippen molar-refractivity contribution in [1.82, 2.24) is 0 Å². The summed E-state index contributed by atoms with van der Waals surface area (Å²) in [5.74, 6) is 1.36. The van der Waals surface area contributed by atoms with Crippen LogP contribution in [0, 0.1) is 11.8 Å². The van der Waals surface area contributed by atoms with Gasteiger partial charge >= 0.3 is 0 Å². The largest absolute Gasteiger partial charge is 0.0949 e. The third-order valence-electron chi connectivity index (χ3n) is 6.80. The van der Waals surface area contributed by atoms with E-state index in [9.17, 15) is 0 Å². The maximum absolute atomic E-state index is 4.60. The Bertz CT molecular complexity index is 1030. The van der Waals surface area contributed by atoms with Crippen LogP contribution in [0.25, 0.3) is 6.08 Å². The molecular weight excluding hydrogens is 360 g/mol. The van der Waals surface area contributed by atoms with Crippen LogP contribution in [0.3, 0.4) is 0 Å². The second-order valence-corrected chi connectivity index (χ2v) is 8.70. The molecule has 2 aliphatic carbocycles. The average molecular weight is 393 g/mol. The third-order valence-corrected chi connectivity index (χ3v) is 6.80. The van der Waals surface area contributed by atoms with Crippen molar-refractivity contribution < 1.29 is 0 Å². The van der Waals surface area contributed by atoms with Crippen molar-refractivity contribution in [3.8, 4) is 0 Å². The van der Waals surface area contributed by atoms with Gasteiger partial charge in [0.25, 0.3) is 0 Å². The molecule has 0 amide bonds. The minimum Gasteiger partial charge on any atom is -0.0949 e. The summed E-state index contributed by atoms with van der Waals surface area (Å²) in [7, 11) is 0. The Kier molecular flexibility index (Phi) is 6.04. The number of fused-ring (bicyclic) bond motifs is 1. The maximum atomic E-state index is 4.60. The van der Waals surface area contributed by atoms with Crippen LogP contribution in [0.4, 0.5) is 0 Å². The standard InChI is InChI=1S/C30H32/c1-5-21(2)28-22(3)19-27-20-26(18-12-15-24-13-8-6-9-14-24)23(4)29(27)30(28)25-16-10-7-11-17-25/h6-19,21,29-30H,4-5,20H2,1-3H3. The highest BCUT2D eigenvalue weighted by Crippen LogP contribution is 2.54. The summed E-state index contributed by atoms with van der Waals surface area (Å²) in [5, 5.41) is 0. The lowest BCUT2D eigenvalue weighted by Crippen LogP contribution is -2.23. The number of benzene rings is 2. The molecule has 152 valence electrons. The predicted octanol–water partition coefficient (Wildman–Crippen LogP) is 8.29. The summed E-state index contributed by atoms with van der Waals surface area (Å²) in [5.41, 5.74) is 9.90. The summed E-state index contributed by atoms with van der Waals surface area (Å²) in [6.07, 6.45) is 11.3. The van der Waals surface area contributed by atoms with Gasteiger partial charge in [-0.05, 0) is 48.0 Å². The number of hydrogen-bond donors (Lipinski definition) is 0. The highest BCUT2D eigenvalue weighted by atomic mass is 14.4. The fraction of sp³-hybridized carbons (Fsp3) is 0.267. The van der Waals surface area contributed by atoms with Crippen molar-refractivity contribution in [2.75, 3.05) is 0 Å². The lowest BCUT2D eigenvalue weighted by molar-refractivity contribution is 0.521. The van der Waals surface area contributed by atoms with Crippen LogP contribution in [0.1, 0.15) is 50.7 Å². The van der Waals surface area contributed by atoms with E-state index in [1.807, 2.05) is 0 Å². The molecule has 3 atom stereocenters. The van der Waals surface area contributed by atoms with Gasteiger partial charge in [0.05, 0.1) is 0 Å². The molecule has 0 heteroatoms. The zero-order valence-corrected chi connectivity index (χ0v) is 18.4. The Morgan fingerprint density at radius 3 is 2.33 bits per heavy atom. The predicted molar refractivity (Wildman–Crippen MR) is 130 cm³/mol. The van der Waals surface area contributed by atoms with Gasteiger partial charge in [-0.25, -0.2) is 0 Å². The molecule has 0 bridgehead atoms. The highest BCUT2D eigenvalue weighted by molar-refractivity contribution is 5.59. The summed E-state index contributed by atoms with van der Waals surface area (Å²) < 4.78 is 0. The monoisotopic (exact) mass is 392 g/mol. The molecule has 0 nitrogen and oxygen atoms in total. The smallest absolute Gasteiger partial charge is 0.0163 e. The Hall–Kier alpha value is -2.86. The fourth-order valence-corrected chi connectivity index (χ4v) is 5.16. The molecular formula is C30H32. The van der Waals surface area contributed by atoms with E-state index in [1.165, 1.54) is 39.8 Å². The number of allylic oxidation sites excluding steroid dienone is 8. The number of rotatable bonds is 5. The van der Waals surface area contributed by atoms with E-state index >= 15 is 0 Å². The van der Waals surface area contributed by atoms with Crippen LogP contribution in [-0.2, 0) is 0 Å². The van der Waals surface area contributed by atoms with Crippen LogP contribution < -0.4 is 0 Å². The van der Waals surface area contributed by atoms with Crippen LogP contribution in [0.15, 0.2) is 113 Å². The summed E-state index contributed by atoms with van der Waals surface area (Å²) in [6, 6.07) is 21.6. The first kappa shape index (κ1) is 20.4. The van der Waals surface area contributed by atoms with Gasteiger partial charge in [-0.2, -0.15) is 0 Å². The molecule has 0 radical (unpaired) electrons. The van der Waals surface area contributed by atoms with Gasteiger partial charge in [-0.15, -0.1) is 0 Å². The first-order chi connectivity index (χ1) is 14.6. The van der Waals surface area contributed by atoms with E-state index in [0.29, 0.717) is 17.8 Å². The first-order valence-electron chi connectivity index (χ1n) is 11.2. The van der Waals surface area contributed by atoms with Gasteiger partial charge in [-0.1, -0.05) is 122 Å². The second kappa shape index (κ2) is 8.88. The molecule has 1 saturated carbocycles. The van der Waals surface area contributed by atoms with Crippen LogP contribution in [-0.4, -0.2) is 0 Å². The molecule has 0 saturated heterocycles. The Morgan fingerprint density at radius 1 is 1.00 bits per heavy atom. The minimum absolute atomic E-state index is 0.386. The highest BCUT2D eigenvalue weighted by Gasteiger charge is 2.41. The van der Waals surface area contributed by atoms with Crippen molar-refractivity contribution in [3.63, 3.8) is 0 Å². The average Bonchev–Trinajstić information content (AvgIpc) is 3.08. The second-order valence-electron chi connectivity index (χ2n) is 8.70. The van der Waals surface area contributed by atoms with Crippen LogP contribution in [0.2, 0.25) is 0 Å². The van der Waals surface area contributed by atoms with E-state index < -0.39 is 0 Å². The van der Waals surface area contributed by atoms with Crippen LogP contribution in [0.5, 0.6) is 0 Å². The molecule has 30 heavy (non-hydrogen) atoms. The topological polar surface area (TPSA) is 0 Å². The first-order valence-corrected chi connectivity index (χ1v) is 11.2. The van der Waals surface area contributed by atoms with Gasteiger partial charge in [0.2, 0.25) is 0 Å². The Balaban J connectivity index is 1.70. The molecule has 2 aromatic carbocycles. The molecule has 1 fully saturated rings. The van der Waals surface area contributed by atoms with E-state index in [1.54, 1.807) is 5.57 Å². The zero-order valence-electron chi connectivity index (χ0n) is 18.4. The molecule has 4 rings (SSSR count). The van der Waals surface area contributed by atoms with Gasteiger partial charge in [0, 0.05) is 11.8 Å². The minimum atomic E-state index is 0.386. The zero-order chi connectivity index (χ0) is 21.1. The van der Waals surface area contributed by atoms with Crippen molar-refractivity contribution >= 4 is 6.08 Å². The third kappa shape index (κ3) is 3.92. The van der Waals surface area contributed by atoms with E-state index in [-0.39, 0.29) is 0 Å². The SMILES string of the molecule is C=C1C(=CC=Cc2ccccc2)CC2=CC(C)=C(C(C)CC)C(c3ccccc3)C12. The fourth-order valence-electron chi connectivity index (χ4n) is 5.16. The summed E-state index contributed by atoms with van der Waals surface area (Å²) in [4.78, 5) is 0. The Labute approximate surface area is 182 Å². The molecule has 2 aromatic rings. The van der Waals surface area contributed by atoms with Crippen molar-refractivity contribution in [1.29, 1.82) is 0 Å². The number of hydrogen-bond acceptors (Lipinski definition) is 0. The summed E-state index contributed by atoms with van der Waals surface area (Å²) >= 11 is 0. The molecule has 2 aliphatic rings. The van der Waals surface area contributed by atoms with Crippen molar-refractivity contribution in [2.24, 2.45) is 11.8 Å². The molecule has 0 heterocycles. The van der Waals surface area contributed by atoms with Gasteiger partial charge < -0.3 is 0 Å². The quantitative estimate of drug-likeness (QED) is 0.480. The molecule has 0 N–H and O–H groups in total. The molecule has 0 aliphatic heterocycles. The lowest BCUT2D eigenvalue weighted by Gasteiger charge is -2.36. The molecule has 3 unspecified atom stereocenters. The van der Waals surface area contributed by atoms with Crippen LogP contribution >= 0.6 is 0 Å². The van der Waals surface area contributed by atoms with E-state index in [4.69, 9.17) is 0 Å². The lowest BCUT2D eigenvalue weighted by atomic mass is 9.68. The van der Waals surface area contributed by atoms with Gasteiger partial charge in [0.15, 0.2) is 0 Å². The maximum Gasteiger partial charge on any atom is 0.0163 e. The molecule has 0 aromatic heterocycles. The molecule has 0 spiro atoms.